The summed E-state index contributed by atoms with van der Waals surface area (Å²) in [6.45, 7) is 4.19. The molecule has 5 aromatic carbocycles. The van der Waals surface area contributed by atoms with Gasteiger partial charge in [0.15, 0.2) is 0 Å². The first kappa shape index (κ1) is 21.8. The van der Waals surface area contributed by atoms with E-state index in [1.807, 2.05) is 42.5 Å². The van der Waals surface area contributed by atoms with Crippen molar-refractivity contribution in [2.24, 2.45) is 0 Å². The lowest BCUT2D eigenvalue weighted by Gasteiger charge is -2.12. The summed E-state index contributed by atoms with van der Waals surface area (Å²) in [7, 11) is 0. The molecule has 2 heteroatoms. The molecule has 0 unspecified atom stereocenters. The third kappa shape index (κ3) is 4.27. The third-order valence-corrected chi connectivity index (χ3v) is 6.25. The summed E-state index contributed by atoms with van der Waals surface area (Å²) < 4.78 is 29.9. The van der Waals surface area contributed by atoms with Crippen LogP contribution in [0, 0.1) is 25.5 Å². The van der Waals surface area contributed by atoms with Gasteiger partial charge in [0.1, 0.15) is 11.6 Å². The molecule has 0 heterocycles. The van der Waals surface area contributed by atoms with Crippen molar-refractivity contribution in [1.82, 2.24) is 0 Å². The fourth-order valence-electron chi connectivity index (χ4n) is 4.38. The van der Waals surface area contributed by atoms with Crippen molar-refractivity contribution in [2.75, 3.05) is 0 Å². The van der Waals surface area contributed by atoms with E-state index in [9.17, 15) is 8.78 Å². The van der Waals surface area contributed by atoms with Gasteiger partial charge in [-0.2, -0.15) is 0 Å². The maximum absolute atomic E-state index is 14.9. The Kier molecular flexibility index (Phi) is 5.81. The van der Waals surface area contributed by atoms with Crippen molar-refractivity contribution in [3.8, 4) is 44.5 Å². The van der Waals surface area contributed by atoms with Crippen molar-refractivity contribution in [3.05, 3.63) is 132 Å². The third-order valence-electron chi connectivity index (χ3n) is 6.25. The SMILES string of the molecule is Cc1ccc(-c2ccc(-c3ccc(-c4c(F)cc(-c5ccccc5)cc4F)cc3)cc2C)cc1. The Morgan fingerprint density at radius 2 is 0.971 bits per heavy atom. The molecule has 0 aromatic heterocycles. The minimum Gasteiger partial charge on any atom is -0.206 e. The number of hydrogen-bond acceptors (Lipinski definition) is 0. The van der Waals surface area contributed by atoms with Crippen LogP contribution < -0.4 is 0 Å². The molecule has 0 aliphatic rings. The summed E-state index contributed by atoms with van der Waals surface area (Å²) in [4.78, 5) is 0. The highest BCUT2D eigenvalue weighted by molar-refractivity contribution is 5.77. The molecule has 0 saturated heterocycles. The van der Waals surface area contributed by atoms with Gasteiger partial charge in [0.25, 0.3) is 0 Å². The maximum atomic E-state index is 14.9. The summed E-state index contributed by atoms with van der Waals surface area (Å²) in [5, 5.41) is 0. The zero-order valence-electron chi connectivity index (χ0n) is 19.1. The average Bonchev–Trinajstić information content (AvgIpc) is 2.85. The standard InChI is InChI=1S/C32H24F2/c1-21-8-10-25(11-9-21)29-17-16-27(18-22(29)2)24-12-14-26(15-13-24)32-30(33)19-28(20-31(32)34)23-6-4-3-5-7-23/h3-20H,1-2H3. The molecule has 0 fully saturated rings. The zero-order chi connectivity index (χ0) is 23.7. The summed E-state index contributed by atoms with van der Waals surface area (Å²) >= 11 is 0. The molecule has 0 saturated carbocycles. The number of benzene rings is 5. The van der Waals surface area contributed by atoms with Gasteiger partial charge < -0.3 is 0 Å². The van der Waals surface area contributed by atoms with Gasteiger partial charge in [-0.1, -0.05) is 103 Å². The van der Waals surface area contributed by atoms with Gasteiger partial charge in [-0.25, -0.2) is 8.78 Å². The van der Waals surface area contributed by atoms with Gasteiger partial charge in [-0.05, 0) is 70.5 Å². The quantitative estimate of drug-likeness (QED) is 0.258. The lowest BCUT2D eigenvalue weighted by molar-refractivity contribution is 0.590. The molecular weight excluding hydrogens is 422 g/mol. The van der Waals surface area contributed by atoms with E-state index in [0.29, 0.717) is 11.1 Å². The van der Waals surface area contributed by atoms with E-state index in [4.69, 9.17) is 0 Å². The lowest BCUT2D eigenvalue weighted by Crippen LogP contribution is -1.93. The average molecular weight is 447 g/mol. The minimum absolute atomic E-state index is 0.00266. The number of rotatable bonds is 4. The topological polar surface area (TPSA) is 0 Å². The molecule has 0 radical (unpaired) electrons. The van der Waals surface area contributed by atoms with Crippen molar-refractivity contribution in [2.45, 2.75) is 13.8 Å². The highest BCUT2D eigenvalue weighted by Crippen LogP contribution is 2.33. The molecule has 0 amide bonds. The molecule has 0 atom stereocenters. The van der Waals surface area contributed by atoms with Crippen LogP contribution in [0.5, 0.6) is 0 Å². The predicted molar refractivity (Wildman–Crippen MR) is 138 cm³/mol. The van der Waals surface area contributed by atoms with Crippen LogP contribution in [-0.2, 0) is 0 Å². The molecule has 5 rings (SSSR count). The second-order valence-electron chi connectivity index (χ2n) is 8.65. The van der Waals surface area contributed by atoms with Crippen LogP contribution in [0.1, 0.15) is 11.1 Å². The Bertz CT molecular complexity index is 1430. The van der Waals surface area contributed by atoms with Crippen LogP contribution in [0.3, 0.4) is 0 Å². The van der Waals surface area contributed by atoms with Crippen molar-refractivity contribution in [1.29, 1.82) is 0 Å². The first-order valence-electron chi connectivity index (χ1n) is 11.3. The van der Waals surface area contributed by atoms with Gasteiger partial charge >= 0.3 is 0 Å². The zero-order valence-corrected chi connectivity index (χ0v) is 19.1. The molecular formula is C32H24F2. The minimum atomic E-state index is -0.565. The van der Waals surface area contributed by atoms with Crippen molar-refractivity contribution >= 4 is 0 Å². The normalized spacial score (nSPS) is 10.9. The Morgan fingerprint density at radius 3 is 1.59 bits per heavy atom. The van der Waals surface area contributed by atoms with Gasteiger partial charge in [-0.3, -0.25) is 0 Å². The fourth-order valence-corrected chi connectivity index (χ4v) is 4.38. The lowest BCUT2D eigenvalue weighted by atomic mass is 9.94. The number of hydrogen-bond donors (Lipinski definition) is 0. The van der Waals surface area contributed by atoms with Crippen LogP contribution in [-0.4, -0.2) is 0 Å². The molecule has 0 spiro atoms. The Hall–Kier alpha value is -4.04. The first-order chi connectivity index (χ1) is 16.5. The second-order valence-corrected chi connectivity index (χ2v) is 8.65. The molecule has 0 N–H and O–H groups in total. The fraction of sp³-hybridized carbons (Fsp3) is 0.0625. The molecule has 0 nitrogen and oxygen atoms in total. The Labute approximate surface area is 199 Å². The first-order valence-corrected chi connectivity index (χ1v) is 11.3. The molecule has 166 valence electrons. The maximum Gasteiger partial charge on any atom is 0.134 e. The van der Waals surface area contributed by atoms with Crippen LogP contribution in [0.2, 0.25) is 0 Å². The van der Waals surface area contributed by atoms with E-state index < -0.39 is 11.6 Å². The van der Waals surface area contributed by atoms with E-state index in [-0.39, 0.29) is 5.56 Å². The molecule has 0 aliphatic carbocycles. The molecule has 34 heavy (non-hydrogen) atoms. The van der Waals surface area contributed by atoms with Gasteiger partial charge in [-0.15, -0.1) is 0 Å². The largest absolute Gasteiger partial charge is 0.206 e. The summed E-state index contributed by atoms with van der Waals surface area (Å²) in [6.07, 6.45) is 0. The van der Waals surface area contributed by atoms with E-state index in [1.54, 1.807) is 12.1 Å². The highest BCUT2D eigenvalue weighted by Gasteiger charge is 2.14. The van der Waals surface area contributed by atoms with Gasteiger partial charge in [0, 0.05) is 0 Å². The van der Waals surface area contributed by atoms with Crippen molar-refractivity contribution in [3.63, 3.8) is 0 Å². The van der Waals surface area contributed by atoms with Crippen LogP contribution in [0.4, 0.5) is 8.78 Å². The summed E-state index contributed by atoms with van der Waals surface area (Å²) in [6, 6.07) is 34.3. The van der Waals surface area contributed by atoms with Crippen LogP contribution in [0.25, 0.3) is 44.5 Å². The smallest absolute Gasteiger partial charge is 0.134 e. The molecule has 0 aliphatic heterocycles. The van der Waals surface area contributed by atoms with Crippen molar-refractivity contribution < 1.29 is 8.78 Å². The monoisotopic (exact) mass is 446 g/mol. The van der Waals surface area contributed by atoms with Crippen LogP contribution >= 0.6 is 0 Å². The van der Waals surface area contributed by atoms with E-state index in [2.05, 4.69) is 56.3 Å². The second kappa shape index (κ2) is 9.07. The molecule has 0 bridgehead atoms. The Balaban J connectivity index is 1.44. The van der Waals surface area contributed by atoms with E-state index in [0.717, 1.165) is 16.7 Å². The van der Waals surface area contributed by atoms with Crippen LogP contribution in [0.15, 0.2) is 109 Å². The van der Waals surface area contributed by atoms with E-state index >= 15 is 0 Å². The number of aryl methyl sites for hydroxylation is 2. The Morgan fingerprint density at radius 1 is 0.441 bits per heavy atom. The van der Waals surface area contributed by atoms with E-state index in [1.165, 1.54) is 34.4 Å². The van der Waals surface area contributed by atoms with Gasteiger partial charge in [0.2, 0.25) is 0 Å². The highest BCUT2D eigenvalue weighted by atomic mass is 19.1. The summed E-state index contributed by atoms with van der Waals surface area (Å²) in [5.41, 5.74) is 8.71. The molecule has 5 aromatic rings. The summed E-state index contributed by atoms with van der Waals surface area (Å²) in [5.74, 6) is -1.13. The number of halogens is 2. The van der Waals surface area contributed by atoms with Gasteiger partial charge in [0.05, 0.1) is 5.56 Å². The predicted octanol–water partition coefficient (Wildman–Crippen LogP) is 9.25.